The van der Waals surface area contributed by atoms with E-state index in [-0.39, 0.29) is 5.54 Å². The number of rotatable bonds is 5. The number of hydrogen-bond acceptors (Lipinski definition) is 5. The maximum Gasteiger partial charge on any atom is 0.209 e. The highest BCUT2D eigenvalue weighted by Gasteiger charge is 2.28. The lowest BCUT2D eigenvalue weighted by molar-refractivity contribution is 0.429. The van der Waals surface area contributed by atoms with E-state index in [0.717, 1.165) is 11.7 Å². The fraction of sp³-hybridized carbons (Fsp3) is 0.909. The van der Waals surface area contributed by atoms with Gasteiger partial charge >= 0.3 is 0 Å². The number of aromatic nitrogens is 4. The molecule has 1 heterocycles. The second-order valence-electron chi connectivity index (χ2n) is 5.70. The van der Waals surface area contributed by atoms with E-state index in [1.807, 2.05) is 4.68 Å². The first-order valence-electron chi connectivity index (χ1n) is 6.15. The molecule has 1 aromatic heterocycles. The Morgan fingerprint density at radius 3 is 2.76 bits per heavy atom. The van der Waals surface area contributed by atoms with E-state index >= 15 is 0 Å². The van der Waals surface area contributed by atoms with Gasteiger partial charge in [-0.3, -0.25) is 0 Å². The predicted molar refractivity (Wildman–Crippen MR) is 69.2 cm³/mol. The molecule has 0 radical (unpaired) electrons. The molecule has 1 atom stereocenters. The van der Waals surface area contributed by atoms with E-state index in [2.05, 4.69) is 48.5 Å². The SMILES string of the molecule is CC(CNC(C)(C)C)Sc1nnnn1C1CC1. The van der Waals surface area contributed by atoms with Gasteiger partial charge in [-0.25, -0.2) is 4.68 Å². The van der Waals surface area contributed by atoms with E-state index in [0.29, 0.717) is 11.3 Å². The van der Waals surface area contributed by atoms with Crippen molar-refractivity contribution >= 4 is 11.8 Å². The monoisotopic (exact) mass is 255 g/mol. The predicted octanol–water partition coefficient (Wildman–Crippen LogP) is 1.88. The van der Waals surface area contributed by atoms with Gasteiger partial charge in [0, 0.05) is 17.3 Å². The quantitative estimate of drug-likeness (QED) is 0.814. The van der Waals surface area contributed by atoms with Gasteiger partial charge < -0.3 is 5.32 Å². The maximum atomic E-state index is 4.10. The number of nitrogens with one attached hydrogen (secondary N) is 1. The fourth-order valence-electron chi connectivity index (χ4n) is 1.48. The average molecular weight is 255 g/mol. The number of tetrazole rings is 1. The van der Waals surface area contributed by atoms with Crippen molar-refractivity contribution in [1.29, 1.82) is 0 Å². The largest absolute Gasteiger partial charge is 0.311 e. The van der Waals surface area contributed by atoms with Gasteiger partial charge in [-0.2, -0.15) is 0 Å². The molecule has 5 nitrogen and oxygen atoms in total. The number of nitrogens with zero attached hydrogens (tertiary/aromatic N) is 4. The molecule has 0 amide bonds. The molecule has 1 N–H and O–H groups in total. The summed E-state index contributed by atoms with van der Waals surface area (Å²) in [4.78, 5) is 0. The van der Waals surface area contributed by atoms with Crippen LogP contribution in [0.4, 0.5) is 0 Å². The third-order valence-electron chi connectivity index (χ3n) is 2.58. The molecular weight excluding hydrogens is 234 g/mol. The zero-order chi connectivity index (χ0) is 12.5. The Morgan fingerprint density at radius 1 is 1.47 bits per heavy atom. The summed E-state index contributed by atoms with van der Waals surface area (Å²) < 4.78 is 1.97. The van der Waals surface area contributed by atoms with Crippen LogP contribution in [-0.2, 0) is 0 Å². The average Bonchev–Trinajstić information content (AvgIpc) is 2.97. The highest BCUT2D eigenvalue weighted by Crippen LogP contribution is 2.37. The van der Waals surface area contributed by atoms with E-state index in [9.17, 15) is 0 Å². The van der Waals surface area contributed by atoms with Crippen LogP contribution >= 0.6 is 11.8 Å². The van der Waals surface area contributed by atoms with Gasteiger partial charge in [-0.05, 0) is 44.0 Å². The van der Waals surface area contributed by atoms with Crippen LogP contribution in [0.3, 0.4) is 0 Å². The zero-order valence-corrected chi connectivity index (χ0v) is 11.8. The van der Waals surface area contributed by atoms with Crippen molar-refractivity contribution in [2.45, 2.75) is 62.5 Å². The minimum absolute atomic E-state index is 0.164. The van der Waals surface area contributed by atoms with Crippen molar-refractivity contribution in [3.63, 3.8) is 0 Å². The summed E-state index contributed by atoms with van der Waals surface area (Å²) >= 11 is 1.75. The Morgan fingerprint density at radius 2 is 2.18 bits per heavy atom. The Hall–Kier alpha value is -0.620. The standard InChI is InChI=1S/C11H21N5S/c1-8(7-12-11(2,3)4)17-10-13-14-15-16(10)9-5-6-9/h8-9,12H,5-7H2,1-4H3. The smallest absolute Gasteiger partial charge is 0.209 e. The lowest BCUT2D eigenvalue weighted by atomic mass is 10.1. The summed E-state index contributed by atoms with van der Waals surface area (Å²) in [6.45, 7) is 9.71. The van der Waals surface area contributed by atoms with Crippen LogP contribution in [0.1, 0.15) is 46.6 Å². The highest BCUT2D eigenvalue weighted by molar-refractivity contribution is 7.99. The highest BCUT2D eigenvalue weighted by atomic mass is 32.2. The Labute approximate surface area is 107 Å². The molecule has 1 unspecified atom stereocenters. The molecule has 1 saturated carbocycles. The summed E-state index contributed by atoms with van der Waals surface area (Å²) in [5, 5.41) is 16.8. The molecule has 96 valence electrons. The molecular formula is C11H21N5S. The molecule has 0 saturated heterocycles. The first-order valence-corrected chi connectivity index (χ1v) is 7.03. The molecule has 1 fully saturated rings. The molecule has 1 aliphatic rings. The van der Waals surface area contributed by atoms with Gasteiger partial charge in [0.25, 0.3) is 0 Å². The van der Waals surface area contributed by atoms with E-state index in [1.165, 1.54) is 12.8 Å². The second kappa shape index (κ2) is 4.94. The van der Waals surface area contributed by atoms with Crippen molar-refractivity contribution in [2.75, 3.05) is 6.54 Å². The molecule has 2 rings (SSSR count). The van der Waals surface area contributed by atoms with E-state index in [1.54, 1.807) is 11.8 Å². The van der Waals surface area contributed by atoms with Crippen molar-refractivity contribution in [1.82, 2.24) is 25.5 Å². The van der Waals surface area contributed by atoms with Crippen LogP contribution in [0.2, 0.25) is 0 Å². The third kappa shape index (κ3) is 3.96. The van der Waals surface area contributed by atoms with Crippen molar-refractivity contribution in [3.8, 4) is 0 Å². The minimum atomic E-state index is 0.164. The topological polar surface area (TPSA) is 55.6 Å². The lowest BCUT2D eigenvalue weighted by Crippen LogP contribution is -2.39. The second-order valence-corrected chi connectivity index (χ2v) is 7.10. The van der Waals surface area contributed by atoms with Gasteiger partial charge in [0.05, 0.1) is 6.04 Å². The van der Waals surface area contributed by atoms with Crippen molar-refractivity contribution < 1.29 is 0 Å². The Balaban J connectivity index is 1.85. The fourth-order valence-corrected chi connectivity index (χ4v) is 2.39. The van der Waals surface area contributed by atoms with E-state index < -0.39 is 0 Å². The van der Waals surface area contributed by atoms with Crippen LogP contribution in [0.25, 0.3) is 0 Å². The molecule has 6 heteroatoms. The summed E-state index contributed by atoms with van der Waals surface area (Å²) in [6.07, 6.45) is 2.43. The van der Waals surface area contributed by atoms with Crippen molar-refractivity contribution in [2.24, 2.45) is 0 Å². The summed E-state index contributed by atoms with van der Waals surface area (Å²) in [6, 6.07) is 0.551. The van der Waals surface area contributed by atoms with Crippen molar-refractivity contribution in [3.05, 3.63) is 0 Å². The maximum absolute atomic E-state index is 4.10. The summed E-state index contributed by atoms with van der Waals surface area (Å²) in [5.41, 5.74) is 0.164. The molecule has 17 heavy (non-hydrogen) atoms. The Bertz CT molecular complexity index is 366. The zero-order valence-electron chi connectivity index (χ0n) is 11.0. The summed E-state index contributed by atoms with van der Waals surface area (Å²) in [5.74, 6) is 0. The van der Waals surface area contributed by atoms with Crippen LogP contribution in [-0.4, -0.2) is 37.5 Å². The van der Waals surface area contributed by atoms with Crippen LogP contribution in [0.15, 0.2) is 5.16 Å². The minimum Gasteiger partial charge on any atom is -0.311 e. The van der Waals surface area contributed by atoms with Gasteiger partial charge in [0.15, 0.2) is 0 Å². The third-order valence-corrected chi connectivity index (χ3v) is 3.63. The molecule has 0 bridgehead atoms. The molecule has 0 aromatic carbocycles. The van der Waals surface area contributed by atoms with Crippen LogP contribution < -0.4 is 5.32 Å². The van der Waals surface area contributed by atoms with Gasteiger partial charge in [0.1, 0.15) is 0 Å². The van der Waals surface area contributed by atoms with E-state index in [4.69, 9.17) is 0 Å². The first-order chi connectivity index (χ1) is 7.96. The molecule has 0 spiro atoms. The van der Waals surface area contributed by atoms with Crippen LogP contribution in [0.5, 0.6) is 0 Å². The van der Waals surface area contributed by atoms with Crippen LogP contribution in [0, 0.1) is 0 Å². The molecule has 1 aliphatic carbocycles. The molecule has 0 aliphatic heterocycles. The first kappa shape index (κ1) is 12.8. The number of thioether (sulfide) groups is 1. The molecule has 1 aromatic rings. The van der Waals surface area contributed by atoms with Gasteiger partial charge in [-0.1, -0.05) is 18.7 Å². The number of hydrogen-bond donors (Lipinski definition) is 1. The Kier molecular flexibility index (Phi) is 3.73. The van der Waals surface area contributed by atoms with Gasteiger partial charge in [0.2, 0.25) is 5.16 Å². The normalized spacial score (nSPS) is 18.4. The lowest BCUT2D eigenvalue weighted by Gasteiger charge is -2.22. The van der Waals surface area contributed by atoms with Gasteiger partial charge in [-0.15, -0.1) is 5.10 Å². The summed E-state index contributed by atoms with van der Waals surface area (Å²) in [7, 11) is 0.